The van der Waals surface area contributed by atoms with Crippen molar-refractivity contribution >= 4 is 55.4 Å². The normalized spacial score (nSPS) is 25.8. The van der Waals surface area contributed by atoms with Crippen molar-refractivity contribution in [2.24, 2.45) is 16.9 Å². The number of nitrogens with zero attached hydrogens (tertiary/aromatic N) is 1. The second-order valence-corrected chi connectivity index (χ2v) is 7.73. The largest absolute Gasteiger partial charge is 0.506 e. The van der Waals surface area contributed by atoms with Gasteiger partial charge in [-0.1, -0.05) is 28.1 Å². The number of phenolic OH excluding ortho intramolecular Hbond substituents is 1. The number of rotatable bonds is 3. The van der Waals surface area contributed by atoms with Gasteiger partial charge in [0.05, 0.1) is 10.7 Å². The zero-order valence-corrected chi connectivity index (χ0v) is 15.6. The number of hydrogen-bond donors (Lipinski definition) is 3. The average Bonchev–Trinajstić information content (AvgIpc) is 3.06. The van der Waals surface area contributed by atoms with Crippen LogP contribution in [0.5, 0.6) is 5.75 Å². The number of fused-ring (bicyclic) bond motifs is 2. The molecular weight excluding hydrogens is 430 g/mol. The van der Waals surface area contributed by atoms with E-state index in [2.05, 4.69) is 59.9 Å². The van der Waals surface area contributed by atoms with Crippen LogP contribution in [-0.2, 0) is 0 Å². The Morgan fingerprint density at radius 1 is 1.32 bits per heavy atom. The van der Waals surface area contributed by atoms with E-state index < -0.39 is 0 Å². The van der Waals surface area contributed by atoms with E-state index in [4.69, 9.17) is 12.2 Å². The van der Waals surface area contributed by atoms with Crippen LogP contribution in [0.3, 0.4) is 0 Å². The van der Waals surface area contributed by atoms with Gasteiger partial charge < -0.3 is 10.4 Å². The molecule has 0 radical (unpaired) electrons. The van der Waals surface area contributed by atoms with Crippen LogP contribution in [0.1, 0.15) is 18.4 Å². The summed E-state index contributed by atoms with van der Waals surface area (Å²) in [4.78, 5) is 0. The first-order valence-corrected chi connectivity index (χ1v) is 8.98. The van der Waals surface area contributed by atoms with E-state index in [9.17, 15) is 5.11 Å². The molecule has 2 aliphatic rings. The predicted octanol–water partition coefficient (Wildman–Crippen LogP) is 3.68. The Labute approximate surface area is 151 Å². The van der Waals surface area contributed by atoms with Crippen molar-refractivity contribution in [2.45, 2.75) is 18.9 Å². The standard InChI is InChI=1S/C15H15Br2N3OS/c16-11-5-10(14(21)12(17)6-11)7-18-20-15(22)19-13-4-8-1-2-9(13)3-8/h1-2,5-9,13,21H,3-4H2,(H2,19,20,22)/t8?,9?,13-/m0/s1. The lowest BCUT2D eigenvalue weighted by atomic mass is 10.0. The van der Waals surface area contributed by atoms with Crippen molar-refractivity contribution < 1.29 is 5.11 Å². The van der Waals surface area contributed by atoms with Crippen molar-refractivity contribution in [3.8, 4) is 5.75 Å². The summed E-state index contributed by atoms with van der Waals surface area (Å²) in [6.07, 6.45) is 8.47. The van der Waals surface area contributed by atoms with Crippen LogP contribution in [0.2, 0.25) is 0 Å². The molecule has 1 saturated carbocycles. The summed E-state index contributed by atoms with van der Waals surface area (Å²) in [5.41, 5.74) is 3.40. The quantitative estimate of drug-likeness (QED) is 0.288. The van der Waals surface area contributed by atoms with Gasteiger partial charge in [0.2, 0.25) is 0 Å². The zero-order chi connectivity index (χ0) is 15.7. The molecule has 1 aromatic carbocycles. The maximum Gasteiger partial charge on any atom is 0.187 e. The molecule has 2 aliphatic carbocycles. The van der Waals surface area contributed by atoms with Gasteiger partial charge in [-0.15, -0.1) is 0 Å². The highest BCUT2D eigenvalue weighted by molar-refractivity contribution is 9.11. The number of allylic oxidation sites excluding steroid dienone is 1. The van der Waals surface area contributed by atoms with Crippen LogP contribution in [0.25, 0.3) is 0 Å². The second kappa shape index (κ2) is 6.68. The second-order valence-electron chi connectivity index (χ2n) is 5.56. The molecule has 0 saturated heterocycles. The fourth-order valence-electron chi connectivity index (χ4n) is 2.99. The number of hydrazone groups is 1. The molecule has 116 valence electrons. The third-order valence-corrected chi connectivity index (χ3v) is 5.29. The maximum atomic E-state index is 9.95. The lowest BCUT2D eigenvalue weighted by molar-refractivity contribution is 0.471. The van der Waals surface area contributed by atoms with Crippen LogP contribution in [-0.4, -0.2) is 22.5 Å². The lowest BCUT2D eigenvalue weighted by Crippen LogP contribution is -2.42. The van der Waals surface area contributed by atoms with E-state index in [1.54, 1.807) is 18.3 Å². The van der Waals surface area contributed by atoms with Gasteiger partial charge in [0, 0.05) is 16.1 Å². The molecule has 1 aromatic rings. The molecule has 3 N–H and O–H groups in total. The smallest absolute Gasteiger partial charge is 0.187 e. The molecule has 0 heterocycles. The van der Waals surface area contributed by atoms with E-state index >= 15 is 0 Å². The van der Waals surface area contributed by atoms with E-state index in [-0.39, 0.29) is 5.75 Å². The average molecular weight is 445 g/mol. The topological polar surface area (TPSA) is 56.7 Å². The van der Waals surface area contributed by atoms with Crippen LogP contribution in [0, 0.1) is 11.8 Å². The number of aromatic hydroxyl groups is 1. The first kappa shape index (κ1) is 16.0. The highest BCUT2D eigenvalue weighted by Crippen LogP contribution is 2.38. The zero-order valence-electron chi connectivity index (χ0n) is 11.6. The van der Waals surface area contributed by atoms with Crippen molar-refractivity contribution in [3.05, 3.63) is 38.8 Å². The van der Waals surface area contributed by atoms with Crippen LogP contribution in [0.4, 0.5) is 0 Å². The number of nitrogens with one attached hydrogen (secondary N) is 2. The van der Waals surface area contributed by atoms with E-state index in [0.717, 1.165) is 10.9 Å². The van der Waals surface area contributed by atoms with Crippen LogP contribution in [0.15, 0.2) is 38.3 Å². The summed E-state index contributed by atoms with van der Waals surface area (Å²) in [6.45, 7) is 0. The minimum Gasteiger partial charge on any atom is -0.506 e. The lowest BCUT2D eigenvalue weighted by Gasteiger charge is -2.20. The van der Waals surface area contributed by atoms with Gasteiger partial charge in [-0.05, 0) is 65.0 Å². The summed E-state index contributed by atoms with van der Waals surface area (Å²) >= 11 is 11.9. The number of thiocarbonyl (C=S) groups is 1. The maximum absolute atomic E-state index is 9.95. The Hall–Kier alpha value is -0.920. The Morgan fingerprint density at radius 2 is 2.14 bits per heavy atom. The molecular formula is C15H15Br2N3OS. The van der Waals surface area contributed by atoms with Crippen LogP contribution >= 0.6 is 44.1 Å². The fourth-order valence-corrected chi connectivity index (χ4v) is 4.45. The molecule has 4 nitrogen and oxygen atoms in total. The summed E-state index contributed by atoms with van der Waals surface area (Å²) < 4.78 is 1.46. The third kappa shape index (κ3) is 3.52. The van der Waals surface area contributed by atoms with Gasteiger partial charge in [0.1, 0.15) is 5.75 Å². The molecule has 0 amide bonds. The molecule has 3 rings (SSSR count). The number of halogens is 2. The van der Waals surface area contributed by atoms with Gasteiger partial charge in [-0.2, -0.15) is 5.10 Å². The molecule has 0 aliphatic heterocycles. The van der Waals surface area contributed by atoms with Crippen molar-refractivity contribution in [1.29, 1.82) is 0 Å². The Kier molecular flexibility index (Phi) is 4.84. The van der Waals surface area contributed by atoms with Crippen molar-refractivity contribution in [3.63, 3.8) is 0 Å². The van der Waals surface area contributed by atoms with Gasteiger partial charge in [0.25, 0.3) is 0 Å². The SMILES string of the molecule is Oc1c(Br)cc(Br)cc1C=NNC(=S)N[C@H]1CC2C=CC1C2. The van der Waals surface area contributed by atoms with E-state index in [1.807, 2.05) is 0 Å². The van der Waals surface area contributed by atoms with Gasteiger partial charge in [-0.25, -0.2) is 0 Å². The summed E-state index contributed by atoms with van der Waals surface area (Å²) in [7, 11) is 0. The highest BCUT2D eigenvalue weighted by atomic mass is 79.9. The Balaban J connectivity index is 1.56. The fraction of sp³-hybridized carbons (Fsp3) is 0.333. The third-order valence-electron chi connectivity index (χ3n) is 4.02. The molecule has 22 heavy (non-hydrogen) atoms. The minimum atomic E-state index is 0.144. The minimum absolute atomic E-state index is 0.144. The molecule has 2 unspecified atom stereocenters. The molecule has 0 spiro atoms. The highest BCUT2D eigenvalue weighted by Gasteiger charge is 2.35. The summed E-state index contributed by atoms with van der Waals surface area (Å²) in [6, 6.07) is 3.95. The number of hydrogen-bond acceptors (Lipinski definition) is 3. The number of benzene rings is 1. The molecule has 7 heteroatoms. The first-order chi connectivity index (χ1) is 10.5. The monoisotopic (exact) mass is 443 g/mol. The van der Waals surface area contributed by atoms with Crippen molar-refractivity contribution in [1.82, 2.24) is 10.7 Å². The predicted molar refractivity (Wildman–Crippen MR) is 99.1 cm³/mol. The first-order valence-electron chi connectivity index (χ1n) is 6.99. The van der Waals surface area contributed by atoms with Gasteiger partial charge >= 0.3 is 0 Å². The van der Waals surface area contributed by atoms with Gasteiger partial charge in [-0.3, -0.25) is 5.43 Å². The van der Waals surface area contributed by atoms with E-state index in [1.165, 1.54) is 6.42 Å². The molecule has 2 bridgehead atoms. The Morgan fingerprint density at radius 3 is 2.82 bits per heavy atom. The Bertz CT molecular complexity index is 662. The van der Waals surface area contributed by atoms with Crippen molar-refractivity contribution in [2.75, 3.05) is 0 Å². The van der Waals surface area contributed by atoms with E-state index in [0.29, 0.717) is 33.0 Å². The van der Waals surface area contributed by atoms with Gasteiger partial charge in [0.15, 0.2) is 5.11 Å². The summed E-state index contributed by atoms with van der Waals surface area (Å²) in [5.74, 6) is 1.43. The molecule has 3 atom stereocenters. The summed E-state index contributed by atoms with van der Waals surface area (Å²) in [5, 5.41) is 17.9. The molecule has 1 fully saturated rings. The van der Waals surface area contributed by atoms with Crippen LogP contribution < -0.4 is 10.7 Å². The molecule has 0 aromatic heterocycles. The number of phenols is 1.